The molecule has 0 bridgehead atoms. The lowest BCUT2D eigenvalue weighted by atomic mass is 9.95. The summed E-state index contributed by atoms with van der Waals surface area (Å²) < 4.78 is 38.1. The molecule has 3 rings (SSSR count). The topological polar surface area (TPSA) is 32.3 Å². The van der Waals surface area contributed by atoms with Crippen LogP contribution in [0.15, 0.2) is 48.5 Å². The third-order valence-corrected chi connectivity index (χ3v) is 5.82. The van der Waals surface area contributed by atoms with E-state index in [0.717, 1.165) is 55.2 Å². The molecule has 7 heteroatoms. The molecule has 2 aromatic carbocycles. The molecule has 0 radical (unpaired) electrons. The summed E-state index contributed by atoms with van der Waals surface area (Å²) >= 11 is 5.92. The van der Waals surface area contributed by atoms with Crippen molar-refractivity contribution in [2.45, 2.75) is 50.9 Å². The molecular formula is C23H26ClF3N2O. The van der Waals surface area contributed by atoms with Crippen molar-refractivity contribution in [1.82, 2.24) is 10.2 Å². The van der Waals surface area contributed by atoms with Crippen molar-refractivity contribution in [2.75, 3.05) is 13.1 Å². The SMILES string of the molecule is CC(CC(=O)NC1CCN(Cc2ccc(Cl)cc2)CC1)c1ccc(C(F)(F)F)cc1. The summed E-state index contributed by atoms with van der Waals surface area (Å²) in [6, 6.07) is 13.0. The van der Waals surface area contributed by atoms with Gasteiger partial charge in [-0.05, 0) is 54.2 Å². The number of hydrogen-bond donors (Lipinski definition) is 1. The Hall–Kier alpha value is -2.05. The maximum Gasteiger partial charge on any atom is 0.416 e. The van der Waals surface area contributed by atoms with Crippen molar-refractivity contribution in [2.24, 2.45) is 0 Å². The van der Waals surface area contributed by atoms with Gasteiger partial charge in [0.05, 0.1) is 5.56 Å². The van der Waals surface area contributed by atoms with Crippen LogP contribution in [0, 0.1) is 0 Å². The highest BCUT2D eigenvalue weighted by atomic mass is 35.5. The summed E-state index contributed by atoms with van der Waals surface area (Å²) in [5.74, 6) is -0.198. The van der Waals surface area contributed by atoms with Gasteiger partial charge < -0.3 is 5.32 Å². The van der Waals surface area contributed by atoms with Crippen molar-refractivity contribution in [3.63, 3.8) is 0 Å². The van der Waals surface area contributed by atoms with Gasteiger partial charge in [0.2, 0.25) is 5.91 Å². The zero-order chi connectivity index (χ0) is 21.7. The normalized spacial score (nSPS) is 17.0. The van der Waals surface area contributed by atoms with Crippen molar-refractivity contribution < 1.29 is 18.0 Å². The first-order valence-corrected chi connectivity index (χ1v) is 10.5. The predicted molar refractivity (Wildman–Crippen MR) is 112 cm³/mol. The molecule has 1 aliphatic rings. The Morgan fingerprint density at radius 2 is 1.70 bits per heavy atom. The van der Waals surface area contributed by atoms with Crippen LogP contribution >= 0.6 is 11.6 Å². The van der Waals surface area contributed by atoms with Gasteiger partial charge in [0.15, 0.2) is 0 Å². The highest BCUT2D eigenvalue weighted by molar-refractivity contribution is 6.30. The number of halogens is 4. The van der Waals surface area contributed by atoms with Crippen LogP contribution in [-0.4, -0.2) is 29.9 Å². The molecule has 0 aromatic heterocycles. The molecule has 1 aliphatic heterocycles. The van der Waals surface area contributed by atoms with Gasteiger partial charge in [-0.3, -0.25) is 9.69 Å². The zero-order valence-corrected chi connectivity index (χ0v) is 17.6. The van der Waals surface area contributed by atoms with E-state index in [1.165, 1.54) is 17.7 Å². The lowest BCUT2D eigenvalue weighted by molar-refractivity contribution is -0.137. The van der Waals surface area contributed by atoms with Gasteiger partial charge in [-0.15, -0.1) is 0 Å². The highest BCUT2D eigenvalue weighted by Gasteiger charge is 2.30. The van der Waals surface area contributed by atoms with E-state index in [1.54, 1.807) is 0 Å². The van der Waals surface area contributed by atoms with Gasteiger partial charge in [-0.2, -0.15) is 13.2 Å². The van der Waals surface area contributed by atoms with Gasteiger partial charge in [0.1, 0.15) is 0 Å². The van der Waals surface area contributed by atoms with Crippen LogP contribution in [0.4, 0.5) is 13.2 Å². The number of nitrogens with zero attached hydrogens (tertiary/aromatic N) is 1. The first-order chi connectivity index (χ1) is 14.2. The Bertz CT molecular complexity index is 829. The van der Waals surface area contributed by atoms with Crippen LogP contribution in [-0.2, 0) is 17.5 Å². The molecule has 2 aromatic rings. The molecular weight excluding hydrogens is 413 g/mol. The van der Waals surface area contributed by atoms with Crippen molar-refractivity contribution >= 4 is 17.5 Å². The van der Waals surface area contributed by atoms with Gasteiger partial charge in [-0.25, -0.2) is 0 Å². The molecule has 30 heavy (non-hydrogen) atoms. The Labute approximate surface area is 180 Å². The minimum Gasteiger partial charge on any atom is -0.353 e. The summed E-state index contributed by atoms with van der Waals surface area (Å²) in [4.78, 5) is 14.8. The van der Waals surface area contributed by atoms with Gasteiger partial charge >= 0.3 is 6.18 Å². The minimum atomic E-state index is -4.35. The first-order valence-electron chi connectivity index (χ1n) is 10.1. The standard InChI is InChI=1S/C23H26ClF3N2O/c1-16(18-4-6-19(7-5-18)23(25,26)27)14-22(30)28-21-10-12-29(13-11-21)15-17-2-8-20(24)9-3-17/h2-9,16,21H,10-15H2,1H3,(H,28,30). The van der Waals surface area contributed by atoms with Crippen LogP contribution in [0.25, 0.3) is 0 Å². The summed E-state index contributed by atoms with van der Waals surface area (Å²) in [5, 5.41) is 3.81. The quantitative estimate of drug-likeness (QED) is 0.633. The maximum absolute atomic E-state index is 12.7. The Balaban J connectivity index is 1.42. The van der Waals surface area contributed by atoms with E-state index in [2.05, 4.69) is 10.2 Å². The molecule has 162 valence electrons. The lowest BCUT2D eigenvalue weighted by Crippen LogP contribution is -2.44. The second-order valence-corrected chi connectivity index (χ2v) is 8.41. The van der Waals surface area contributed by atoms with Gasteiger partial charge in [-0.1, -0.05) is 42.8 Å². The number of hydrogen-bond acceptors (Lipinski definition) is 2. The van der Waals surface area contributed by atoms with E-state index < -0.39 is 11.7 Å². The fourth-order valence-corrected chi connectivity index (χ4v) is 3.89. The average molecular weight is 439 g/mol. The summed E-state index contributed by atoms with van der Waals surface area (Å²) in [6.07, 6.45) is -2.32. The highest BCUT2D eigenvalue weighted by Crippen LogP contribution is 2.30. The monoisotopic (exact) mass is 438 g/mol. The Morgan fingerprint density at radius 1 is 1.10 bits per heavy atom. The number of amides is 1. The number of carbonyl (C=O) groups is 1. The van der Waals surface area contributed by atoms with Crippen LogP contribution in [0.1, 0.15) is 48.8 Å². The summed E-state index contributed by atoms with van der Waals surface area (Å²) in [7, 11) is 0. The van der Waals surface area contributed by atoms with Gasteiger partial charge in [0, 0.05) is 37.1 Å². The van der Waals surface area contributed by atoms with Crippen molar-refractivity contribution in [1.29, 1.82) is 0 Å². The average Bonchev–Trinajstić information content (AvgIpc) is 2.70. The second kappa shape index (κ2) is 9.84. The minimum absolute atomic E-state index is 0.0569. The summed E-state index contributed by atoms with van der Waals surface area (Å²) in [6.45, 7) is 4.53. The molecule has 0 aliphatic carbocycles. The molecule has 0 saturated carbocycles. The second-order valence-electron chi connectivity index (χ2n) is 7.97. The largest absolute Gasteiger partial charge is 0.416 e. The van der Waals surface area contributed by atoms with Gasteiger partial charge in [0.25, 0.3) is 0 Å². The van der Waals surface area contributed by atoms with Crippen LogP contribution in [0.3, 0.4) is 0 Å². The Morgan fingerprint density at radius 3 is 2.27 bits per heavy atom. The number of carbonyl (C=O) groups excluding carboxylic acids is 1. The number of rotatable bonds is 6. The number of piperidine rings is 1. The van der Waals surface area contributed by atoms with Crippen LogP contribution in [0.2, 0.25) is 5.02 Å². The molecule has 1 unspecified atom stereocenters. The fourth-order valence-electron chi connectivity index (χ4n) is 3.77. The first kappa shape index (κ1) is 22.6. The number of nitrogens with one attached hydrogen (secondary N) is 1. The third-order valence-electron chi connectivity index (χ3n) is 5.57. The molecule has 1 N–H and O–H groups in total. The lowest BCUT2D eigenvalue weighted by Gasteiger charge is -2.32. The zero-order valence-electron chi connectivity index (χ0n) is 16.9. The smallest absolute Gasteiger partial charge is 0.353 e. The molecule has 3 nitrogen and oxygen atoms in total. The molecule has 1 amide bonds. The number of likely N-dealkylation sites (tertiary alicyclic amines) is 1. The predicted octanol–water partition coefficient (Wildman–Crippen LogP) is 5.63. The van der Waals surface area contributed by atoms with E-state index >= 15 is 0 Å². The third kappa shape index (κ3) is 6.47. The van der Waals surface area contributed by atoms with Crippen LogP contribution < -0.4 is 5.32 Å². The molecule has 1 saturated heterocycles. The molecule has 1 atom stereocenters. The van der Waals surface area contributed by atoms with Crippen LogP contribution in [0.5, 0.6) is 0 Å². The molecule has 1 heterocycles. The number of benzene rings is 2. The number of alkyl halides is 3. The maximum atomic E-state index is 12.7. The van der Waals surface area contributed by atoms with E-state index in [1.807, 2.05) is 31.2 Å². The summed E-state index contributed by atoms with van der Waals surface area (Å²) in [5.41, 5.74) is 1.27. The molecule has 1 fully saturated rings. The molecule has 0 spiro atoms. The van der Waals surface area contributed by atoms with Crippen molar-refractivity contribution in [3.8, 4) is 0 Å². The van der Waals surface area contributed by atoms with E-state index in [9.17, 15) is 18.0 Å². The fraction of sp³-hybridized carbons (Fsp3) is 0.435. The Kier molecular flexibility index (Phi) is 7.42. The van der Waals surface area contributed by atoms with E-state index in [-0.39, 0.29) is 24.3 Å². The van der Waals surface area contributed by atoms with Crippen molar-refractivity contribution in [3.05, 3.63) is 70.2 Å². The van der Waals surface area contributed by atoms with E-state index in [0.29, 0.717) is 0 Å². The van der Waals surface area contributed by atoms with E-state index in [4.69, 9.17) is 11.6 Å².